The molecule has 3 aromatic rings. The summed E-state index contributed by atoms with van der Waals surface area (Å²) in [6.45, 7) is 1.71. The van der Waals surface area contributed by atoms with E-state index in [0.29, 0.717) is 31.3 Å². The molecule has 11 heteroatoms. The van der Waals surface area contributed by atoms with Gasteiger partial charge in [0.05, 0.1) is 36.8 Å². The van der Waals surface area contributed by atoms with Gasteiger partial charge in [0.25, 0.3) is 5.91 Å². The number of hydrogen-bond donors (Lipinski definition) is 2. The summed E-state index contributed by atoms with van der Waals surface area (Å²) < 4.78 is 42.4. The number of amides is 1. The highest BCUT2D eigenvalue weighted by Crippen LogP contribution is 2.44. The molecule has 182 valence electrons. The number of imidazole rings is 1. The van der Waals surface area contributed by atoms with Crippen molar-refractivity contribution in [1.29, 1.82) is 0 Å². The standard InChI is InChI=1S/C23H27F3N6O2/c24-23(25,26)16-1-2-20-27-12-19(32(20)13-16)21(34)30-8-7-22(15-30)5-3-17(4-6-22)29-18-11-28-31(14-18)9-10-33/h1-2,11-14,17,29,33H,3-10,15H2/t17-,22+. The average molecular weight is 477 g/mol. The summed E-state index contributed by atoms with van der Waals surface area (Å²) >= 11 is 0. The molecule has 34 heavy (non-hydrogen) atoms. The number of rotatable bonds is 5. The summed E-state index contributed by atoms with van der Waals surface area (Å²) in [5.41, 5.74) is 0.653. The minimum atomic E-state index is -4.49. The minimum Gasteiger partial charge on any atom is -0.394 e. The van der Waals surface area contributed by atoms with E-state index in [4.69, 9.17) is 5.11 Å². The Hall–Kier alpha value is -3.08. The van der Waals surface area contributed by atoms with Crippen LogP contribution >= 0.6 is 0 Å². The molecule has 0 bridgehead atoms. The summed E-state index contributed by atoms with van der Waals surface area (Å²) in [5, 5.41) is 16.8. The maximum Gasteiger partial charge on any atom is 0.417 e. The highest BCUT2D eigenvalue weighted by molar-refractivity contribution is 5.93. The number of carbonyl (C=O) groups excluding carboxylic acids is 1. The second-order valence-corrected chi connectivity index (χ2v) is 9.40. The van der Waals surface area contributed by atoms with Crippen LogP contribution in [0.4, 0.5) is 18.9 Å². The summed E-state index contributed by atoms with van der Waals surface area (Å²) in [7, 11) is 0. The molecule has 1 saturated carbocycles. The van der Waals surface area contributed by atoms with E-state index in [-0.39, 0.29) is 23.6 Å². The van der Waals surface area contributed by atoms with E-state index < -0.39 is 11.7 Å². The highest BCUT2D eigenvalue weighted by Gasteiger charge is 2.43. The van der Waals surface area contributed by atoms with Gasteiger partial charge in [0, 0.05) is 31.5 Å². The fraction of sp³-hybridized carbons (Fsp3) is 0.522. The number of fused-ring (bicyclic) bond motifs is 1. The second-order valence-electron chi connectivity index (χ2n) is 9.40. The molecule has 1 amide bonds. The summed E-state index contributed by atoms with van der Waals surface area (Å²) in [5.74, 6) is -0.278. The molecule has 8 nitrogen and oxygen atoms in total. The third-order valence-electron chi connectivity index (χ3n) is 7.16. The van der Waals surface area contributed by atoms with Crippen LogP contribution in [0.1, 0.15) is 48.2 Å². The number of pyridine rings is 1. The van der Waals surface area contributed by atoms with Crippen molar-refractivity contribution in [2.24, 2.45) is 5.41 Å². The molecular weight excluding hydrogens is 449 g/mol. The third kappa shape index (κ3) is 4.36. The quantitative estimate of drug-likeness (QED) is 0.589. The van der Waals surface area contributed by atoms with Gasteiger partial charge in [0.2, 0.25) is 0 Å². The van der Waals surface area contributed by atoms with Crippen molar-refractivity contribution in [1.82, 2.24) is 24.1 Å². The van der Waals surface area contributed by atoms with Gasteiger partial charge in [-0.1, -0.05) is 0 Å². The van der Waals surface area contributed by atoms with E-state index >= 15 is 0 Å². The first kappa shape index (κ1) is 22.7. The van der Waals surface area contributed by atoms with Crippen LogP contribution in [0.3, 0.4) is 0 Å². The second kappa shape index (κ2) is 8.61. The van der Waals surface area contributed by atoms with Crippen molar-refractivity contribution in [3.63, 3.8) is 0 Å². The number of hydrogen-bond acceptors (Lipinski definition) is 5. The Labute approximate surface area is 194 Å². The molecule has 3 aromatic heterocycles. The number of likely N-dealkylation sites (tertiary alicyclic amines) is 1. The minimum absolute atomic E-state index is 0.0425. The van der Waals surface area contributed by atoms with Crippen LogP contribution in [0, 0.1) is 5.41 Å². The van der Waals surface area contributed by atoms with Crippen LogP contribution < -0.4 is 5.32 Å². The molecule has 1 spiro atoms. The largest absolute Gasteiger partial charge is 0.417 e. The Kier molecular flexibility index (Phi) is 5.75. The van der Waals surface area contributed by atoms with Gasteiger partial charge in [-0.2, -0.15) is 18.3 Å². The zero-order valence-electron chi connectivity index (χ0n) is 18.6. The van der Waals surface area contributed by atoms with Crippen LogP contribution in [0.5, 0.6) is 0 Å². The fourth-order valence-electron chi connectivity index (χ4n) is 5.26. The van der Waals surface area contributed by atoms with Crippen LogP contribution in [-0.4, -0.2) is 60.8 Å². The lowest BCUT2D eigenvalue weighted by Gasteiger charge is -2.37. The van der Waals surface area contributed by atoms with Crippen LogP contribution in [0.15, 0.2) is 36.9 Å². The normalized spacial score (nSPS) is 23.2. The van der Waals surface area contributed by atoms with Gasteiger partial charge < -0.3 is 15.3 Å². The van der Waals surface area contributed by atoms with E-state index in [1.54, 1.807) is 15.8 Å². The van der Waals surface area contributed by atoms with Gasteiger partial charge in [0.15, 0.2) is 0 Å². The number of aliphatic hydroxyl groups excluding tert-OH is 1. The number of anilines is 1. The molecule has 2 N–H and O–H groups in total. The van der Waals surface area contributed by atoms with Crippen molar-refractivity contribution in [3.8, 4) is 0 Å². The first-order chi connectivity index (χ1) is 16.3. The Balaban J connectivity index is 1.22. The van der Waals surface area contributed by atoms with Crippen LogP contribution in [0.2, 0.25) is 0 Å². The molecule has 1 saturated heterocycles. The predicted octanol–water partition coefficient (Wildman–Crippen LogP) is 3.43. The Morgan fingerprint density at radius 2 is 1.97 bits per heavy atom. The Morgan fingerprint density at radius 3 is 2.71 bits per heavy atom. The first-order valence-electron chi connectivity index (χ1n) is 11.5. The monoisotopic (exact) mass is 476 g/mol. The summed E-state index contributed by atoms with van der Waals surface area (Å²) in [6.07, 6.45) is 6.25. The zero-order valence-corrected chi connectivity index (χ0v) is 18.6. The molecule has 1 aliphatic carbocycles. The van der Waals surface area contributed by atoms with Gasteiger partial charge >= 0.3 is 6.18 Å². The van der Waals surface area contributed by atoms with E-state index in [1.807, 2.05) is 6.20 Å². The molecule has 2 fully saturated rings. The van der Waals surface area contributed by atoms with Gasteiger partial charge in [-0.05, 0) is 49.7 Å². The number of halogens is 3. The lowest BCUT2D eigenvalue weighted by molar-refractivity contribution is -0.137. The van der Waals surface area contributed by atoms with Gasteiger partial charge in [-0.15, -0.1) is 0 Å². The Bertz CT molecular complexity index is 1180. The van der Waals surface area contributed by atoms with Crippen molar-refractivity contribution >= 4 is 17.2 Å². The van der Waals surface area contributed by atoms with E-state index in [0.717, 1.165) is 50.1 Å². The lowest BCUT2D eigenvalue weighted by Crippen LogP contribution is -2.37. The summed E-state index contributed by atoms with van der Waals surface area (Å²) in [6, 6.07) is 2.58. The van der Waals surface area contributed by atoms with Crippen LogP contribution in [0.25, 0.3) is 5.65 Å². The van der Waals surface area contributed by atoms with Gasteiger partial charge in [-0.3, -0.25) is 13.9 Å². The lowest BCUT2D eigenvalue weighted by atomic mass is 9.72. The topological polar surface area (TPSA) is 87.7 Å². The first-order valence-corrected chi connectivity index (χ1v) is 11.5. The zero-order chi connectivity index (χ0) is 23.9. The third-order valence-corrected chi connectivity index (χ3v) is 7.16. The highest BCUT2D eigenvalue weighted by atomic mass is 19.4. The van der Waals surface area contributed by atoms with Gasteiger partial charge in [-0.25, -0.2) is 4.98 Å². The molecule has 2 aliphatic rings. The molecule has 0 unspecified atom stereocenters. The van der Waals surface area contributed by atoms with Crippen molar-refractivity contribution in [2.45, 2.75) is 50.9 Å². The maximum atomic E-state index is 13.2. The van der Waals surface area contributed by atoms with Crippen molar-refractivity contribution in [2.75, 3.05) is 25.0 Å². The smallest absolute Gasteiger partial charge is 0.394 e. The fourth-order valence-corrected chi connectivity index (χ4v) is 5.26. The number of aliphatic hydroxyl groups is 1. The van der Waals surface area contributed by atoms with E-state index in [2.05, 4.69) is 15.4 Å². The number of nitrogens with zero attached hydrogens (tertiary/aromatic N) is 5. The SMILES string of the molecule is O=C(c1cnc2ccc(C(F)(F)F)cn12)N1CC[C@]2(CC[C@H](Nc3cnn(CCO)c3)CC2)C1. The number of aromatic nitrogens is 4. The van der Waals surface area contributed by atoms with Crippen molar-refractivity contribution < 1.29 is 23.1 Å². The molecule has 4 heterocycles. The van der Waals surface area contributed by atoms with Gasteiger partial charge in [0.1, 0.15) is 11.3 Å². The molecule has 0 radical (unpaired) electrons. The van der Waals surface area contributed by atoms with Crippen LogP contribution in [-0.2, 0) is 12.7 Å². The summed E-state index contributed by atoms with van der Waals surface area (Å²) in [4.78, 5) is 19.1. The number of nitrogens with one attached hydrogen (secondary N) is 1. The number of carbonyl (C=O) groups is 1. The predicted molar refractivity (Wildman–Crippen MR) is 118 cm³/mol. The molecular formula is C23H27F3N6O2. The molecule has 0 aromatic carbocycles. The molecule has 0 atom stereocenters. The Morgan fingerprint density at radius 1 is 1.18 bits per heavy atom. The van der Waals surface area contributed by atoms with E-state index in [1.165, 1.54) is 16.7 Å². The van der Waals surface area contributed by atoms with E-state index in [9.17, 15) is 18.0 Å². The molecule has 5 rings (SSSR count). The van der Waals surface area contributed by atoms with Crippen molar-refractivity contribution in [3.05, 3.63) is 48.2 Å². The maximum absolute atomic E-state index is 13.2. The average Bonchev–Trinajstić information content (AvgIpc) is 3.53. The number of alkyl halides is 3. The molecule has 1 aliphatic heterocycles.